The van der Waals surface area contributed by atoms with Crippen molar-refractivity contribution in [2.24, 2.45) is 0 Å². The van der Waals surface area contributed by atoms with Crippen molar-refractivity contribution >= 4 is 23.3 Å². The van der Waals surface area contributed by atoms with Crippen molar-refractivity contribution in [3.05, 3.63) is 29.3 Å². The minimum Gasteiger partial charge on any atom is -0.394 e. The van der Waals surface area contributed by atoms with Gasteiger partial charge in [0.15, 0.2) is 0 Å². The fraction of sp³-hybridized carbons (Fsp3) is 0.500. The second-order valence-corrected chi connectivity index (χ2v) is 5.25. The van der Waals surface area contributed by atoms with Gasteiger partial charge in [0.25, 0.3) is 0 Å². The Balaban J connectivity index is 1.86. The smallest absolute Gasteiger partial charge is 0.319 e. The molecule has 1 aliphatic heterocycles. The Morgan fingerprint density at radius 2 is 2.29 bits per heavy atom. The molecule has 1 unspecified atom stereocenters. The Labute approximate surface area is 128 Å². The molecule has 6 nitrogen and oxygen atoms in total. The van der Waals surface area contributed by atoms with Gasteiger partial charge in [-0.3, -0.25) is 0 Å². The van der Waals surface area contributed by atoms with Crippen LogP contribution >= 0.6 is 11.6 Å². The topological polar surface area (TPSA) is 79.8 Å². The number of hydrogen-bond donors (Lipinski definition) is 3. The van der Waals surface area contributed by atoms with Crippen molar-refractivity contribution in [1.82, 2.24) is 5.32 Å². The van der Waals surface area contributed by atoms with Gasteiger partial charge in [-0.05, 0) is 12.1 Å². The Kier molecular flexibility index (Phi) is 5.81. The fourth-order valence-corrected chi connectivity index (χ4v) is 2.31. The zero-order chi connectivity index (χ0) is 15.1. The van der Waals surface area contributed by atoms with Crippen molar-refractivity contribution < 1.29 is 19.4 Å². The van der Waals surface area contributed by atoms with E-state index in [0.717, 1.165) is 0 Å². The number of benzene rings is 1. The summed E-state index contributed by atoms with van der Waals surface area (Å²) < 4.78 is 10.9. The number of ether oxygens (including phenoxy) is 2. The number of para-hydroxylation sites is 1. The van der Waals surface area contributed by atoms with Crippen LogP contribution in [0.1, 0.15) is 6.42 Å². The van der Waals surface area contributed by atoms with Crippen molar-refractivity contribution in [2.45, 2.75) is 12.0 Å². The van der Waals surface area contributed by atoms with E-state index < -0.39 is 5.60 Å². The standard InChI is InChI=1S/C14H19ClN2O4/c15-11-3-1-2-4-12(11)17-13(19)16-9-14(21-8-6-18)5-7-20-10-14/h1-4,18H,5-10H2,(H2,16,17,19). The van der Waals surface area contributed by atoms with E-state index in [-0.39, 0.29) is 19.2 Å². The molecule has 2 rings (SSSR count). The van der Waals surface area contributed by atoms with Crippen molar-refractivity contribution in [2.75, 3.05) is 38.3 Å². The van der Waals surface area contributed by atoms with Gasteiger partial charge in [0, 0.05) is 13.0 Å². The Hall–Kier alpha value is -1.34. The zero-order valence-electron chi connectivity index (χ0n) is 11.6. The zero-order valence-corrected chi connectivity index (χ0v) is 12.4. The monoisotopic (exact) mass is 314 g/mol. The van der Waals surface area contributed by atoms with Crippen LogP contribution < -0.4 is 10.6 Å². The molecule has 116 valence electrons. The van der Waals surface area contributed by atoms with E-state index >= 15 is 0 Å². The summed E-state index contributed by atoms with van der Waals surface area (Å²) in [5.74, 6) is 0. The summed E-state index contributed by atoms with van der Waals surface area (Å²) >= 11 is 5.98. The first kappa shape index (κ1) is 16.0. The molecule has 2 amide bonds. The maximum atomic E-state index is 11.9. The molecule has 1 atom stereocenters. The Morgan fingerprint density at radius 3 is 2.95 bits per heavy atom. The molecule has 3 N–H and O–H groups in total. The lowest BCUT2D eigenvalue weighted by molar-refractivity contribution is -0.0576. The summed E-state index contributed by atoms with van der Waals surface area (Å²) in [7, 11) is 0. The summed E-state index contributed by atoms with van der Waals surface area (Å²) in [5.41, 5.74) is -0.0229. The molecule has 21 heavy (non-hydrogen) atoms. The molecular weight excluding hydrogens is 296 g/mol. The van der Waals surface area contributed by atoms with E-state index in [1.54, 1.807) is 24.3 Å². The van der Waals surface area contributed by atoms with Crippen LogP contribution in [0.3, 0.4) is 0 Å². The lowest BCUT2D eigenvalue weighted by Gasteiger charge is -2.27. The highest BCUT2D eigenvalue weighted by Gasteiger charge is 2.36. The van der Waals surface area contributed by atoms with E-state index in [0.29, 0.717) is 36.9 Å². The first-order valence-corrected chi connectivity index (χ1v) is 7.15. The molecular formula is C14H19ClN2O4. The lowest BCUT2D eigenvalue weighted by Crippen LogP contribution is -2.47. The maximum Gasteiger partial charge on any atom is 0.319 e. The van der Waals surface area contributed by atoms with Gasteiger partial charge in [-0.2, -0.15) is 0 Å². The summed E-state index contributed by atoms with van der Waals surface area (Å²) in [6.07, 6.45) is 0.680. The van der Waals surface area contributed by atoms with Crippen LogP contribution in [0.25, 0.3) is 0 Å². The van der Waals surface area contributed by atoms with Gasteiger partial charge in [-0.25, -0.2) is 4.79 Å². The summed E-state index contributed by atoms with van der Waals surface area (Å²) in [6.45, 7) is 1.45. The molecule has 1 aromatic rings. The lowest BCUT2D eigenvalue weighted by atomic mass is 10.0. The molecule has 7 heteroatoms. The maximum absolute atomic E-state index is 11.9. The van der Waals surface area contributed by atoms with Gasteiger partial charge in [0.05, 0.1) is 37.1 Å². The number of rotatable bonds is 6. The van der Waals surface area contributed by atoms with Crippen LogP contribution in [-0.2, 0) is 9.47 Å². The van der Waals surface area contributed by atoms with Crippen LogP contribution in [0.4, 0.5) is 10.5 Å². The summed E-state index contributed by atoms with van der Waals surface area (Å²) in [4.78, 5) is 11.9. The van der Waals surface area contributed by atoms with Gasteiger partial charge in [-0.1, -0.05) is 23.7 Å². The van der Waals surface area contributed by atoms with Crippen LogP contribution in [0, 0.1) is 0 Å². The minimum atomic E-state index is -0.569. The second kappa shape index (κ2) is 7.61. The third kappa shape index (κ3) is 4.57. The number of aliphatic hydroxyl groups is 1. The van der Waals surface area contributed by atoms with E-state index in [9.17, 15) is 4.79 Å². The average molecular weight is 315 g/mol. The van der Waals surface area contributed by atoms with Crippen molar-refractivity contribution in [3.8, 4) is 0 Å². The number of amides is 2. The first-order valence-electron chi connectivity index (χ1n) is 6.77. The number of hydrogen-bond acceptors (Lipinski definition) is 4. The van der Waals surface area contributed by atoms with Crippen LogP contribution in [0.5, 0.6) is 0 Å². The highest BCUT2D eigenvalue weighted by Crippen LogP contribution is 2.23. The highest BCUT2D eigenvalue weighted by molar-refractivity contribution is 6.33. The van der Waals surface area contributed by atoms with Gasteiger partial charge < -0.3 is 25.2 Å². The van der Waals surface area contributed by atoms with Crippen LogP contribution in [0.2, 0.25) is 5.02 Å². The predicted molar refractivity (Wildman–Crippen MR) is 79.7 cm³/mol. The molecule has 0 bridgehead atoms. The van der Waals surface area contributed by atoms with Crippen molar-refractivity contribution in [1.29, 1.82) is 0 Å². The van der Waals surface area contributed by atoms with Gasteiger partial charge in [-0.15, -0.1) is 0 Å². The molecule has 1 heterocycles. The molecule has 0 saturated carbocycles. The fourth-order valence-electron chi connectivity index (χ4n) is 2.13. The number of halogens is 1. The molecule has 1 aliphatic rings. The third-order valence-corrected chi connectivity index (χ3v) is 3.59. The van der Waals surface area contributed by atoms with Gasteiger partial charge >= 0.3 is 6.03 Å². The molecule has 0 aromatic heterocycles. The van der Waals surface area contributed by atoms with E-state index in [2.05, 4.69) is 10.6 Å². The molecule has 0 radical (unpaired) electrons. The molecule has 0 spiro atoms. The highest BCUT2D eigenvalue weighted by atomic mass is 35.5. The number of carbonyl (C=O) groups excluding carboxylic acids is 1. The average Bonchev–Trinajstić information content (AvgIpc) is 2.95. The molecule has 1 fully saturated rings. The number of urea groups is 1. The van der Waals surface area contributed by atoms with Crippen molar-refractivity contribution in [3.63, 3.8) is 0 Å². The van der Waals surface area contributed by atoms with Crippen LogP contribution in [0.15, 0.2) is 24.3 Å². The predicted octanol–water partition coefficient (Wildman–Crippen LogP) is 1.63. The summed E-state index contributed by atoms with van der Waals surface area (Å²) in [6, 6.07) is 6.64. The van der Waals surface area contributed by atoms with Gasteiger partial charge in [0.1, 0.15) is 5.60 Å². The van der Waals surface area contributed by atoms with E-state index in [4.69, 9.17) is 26.2 Å². The molecule has 1 saturated heterocycles. The minimum absolute atomic E-state index is 0.0619. The number of carbonyl (C=O) groups is 1. The Morgan fingerprint density at radius 1 is 1.48 bits per heavy atom. The van der Waals surface area contributed by atoms with E-state index in [1.807, 2.05) is 0 Å². The van der Waals surface area contributed by atoms with Crippen LogP contribution in [-0.4, -0.2) is 49.7 Å². The van der Waals surface area contributed by atoms with E-state index in [1.165, 1.54) is 0 Å². The SMILES string of the molecule is O=C(NCC1(OCCO)CCOC1)Nc1ccccc1Cl. The molecule has 1 aromatic carbocycles. The largest absolute Gasteiger partial charge is 0.394 e. The normalized spacial score (nSPS) is 21.2. The number of anilines is 1. The molecule has 0 aliphatic carbocycles. The Bertz CT molecular complexity index is 478. The van der Waals surface area contributed by atoms with Gasteiger partial charge in [0.2, 0.25) is 0 Å². The second-order valence-electron chi connectivity index (χ2n) is 4.85. The summed E-state index contributed by atoms with van der Waals surface area (Å²) in [5, 5.41) is 14.8. The quantitative estimate of drug-likeness (QED) is 0.745. The number of nitrogens with one attached hydrogen (secondary N) is 2. The third-order valence-electron chi connectivity index (χ3n) is 3.26. The number of aliphatic hydroxyl groups excluding tert-OH is 1. The first-order chi connectivity index (χ1) is 10.2.